The summed E-state index contributed by atoms with van der Waals surface area (Å²) < 4.78 is 13.7. The van der Waals surface area contributed by atoms with Crippen LogP contribution in [0.15, 0.2) is 42.6 Å². The highest BCUT2D eigenvalue weighted by Crippen LogP contribution is 2.26. The van der Waals surface area contributed by atoms with Crippen molar-refractivity contribution in [3.63, 3.8) is 0 Å². The Labute approximate surface area is 99.7 Å². The van der Waals surface area contributed by atoms with Crippen LogP contribution in [-0.4, -0.2) is 12.0 Å². The minimum atomic E-state index is -0.316. The number of pyridine rings is 1. The van der Waals surface area contributed by atoms with Gasteiger partial charge in [0.2, 0.25) is 0 Å². The van der Waals surface area contributed by atoms with Gasteiger partial charge in [0.15, 0.2) is 0 Å². The average molecular weight is 231 g/mol. The highest BCUT2D eigenvalue weighted by Gasteiger charge is 2.11. The van der Waals surface area contributed by atoms with Gasteiger partial charge in [-0.15, -0.1) is 0 Å². The van der Waals surface area contributed by atoms with E-state index in [1.807, 2.05) is 18.2 Å². The number of nitrogen functional groups attached to an aromatic ring is 1. The quantitative estimate of drug-likeness (QED) is 0.825. The van der Waals surface area contributed by atoms with Crippen molar-refractivity contribution in [2.24, 2.45) is 0 Å². The Morgan fingerprint density at radius 2 is 2.06 bits per heavy atom. The van der Waals surface area contributed by atoms with Crippen molar-refractivity contribution >= 4 is 11.4 Å². The molecule has 88 valence electrons. The van der Waals surface area contributed by atoms with E-state index in [9.17, 15) is 4.39 Å². The SMILES string of the molecule is CN(Cc1ccccn1)c1c(N)cccc1F. The fourth-order valence-electron chi connectivity index (χ4n) is 1.75. The third-order valence-corrected chi connectivity index (χ3v) is 2.53. The standard InChI is InChI=1S/C13H14FN3/c1-17(9-10-5-2-3-8-16-10)13-11(14)6-4-7-12(13)15/h2-8H,9,15H2,1H3. The maximum Gasteiger partial charge on any atom is 0.148 e. The number of benzene rings is 1. The molecule has 4 heteroatoms. The van der Waals surface area contributed by atoms with Gasteiger partial charge in [0.1, 0.15) is 5.82 Å². The first-order valence-electron chi connectivity index (χ1n) is 5.33. The second-order valence-electron chi connectivity index (χ2n) is 3.85. The average Bonchev–Trinajstić information content (AvgIpc) is 2.30. The molecule has 2 aromatic rings. The van der Waals surface area contributed by atoms with E-state index in [1.165, 1.54) is 6.07 Å². The zero-order valence-corrected chi connectivity index (χ0v) is 9.60. The van der Waals surface area contributed by atoms with Crippen LogP contribution in [0.5, 0.6) is 0 Å². The number of halogens is 1. The molecule has 0 saturated heterocycles. The Kier molecular flexibility index (Phi) is 3.23. The first kappa shape index (κ1) is 11.4. The van der Waals surface area contributed by atoms with Crippen LogP contribution < -0.4 is 10.6 Å². The Balaban J connectivity index is 2.23. The van der Waals surface area contributed by atoms with Gasteiger partial charge in [-0.1, -0.05) is 12.1 Å². The minimum absolute atomic E-state index is 0.316. The van der Waals surface area contributed by atoms with Crippen LogP contribution >= 0.6 is 0 Å². The van der Waals surface area contributed by atoms with Crippen molar-refractivity contribution < 1.29 is 4.39 Å². The van der Waals surface area contributed by atoms with Crippen LogP contribution in [0.4, 0.5) is 15.8 Å². The molecule has 0 atom stereocenters. The molecule has 1 heterocycles. The zero-order chi connectivity index (χ0) is 12.3. The number of hydrogen-bond donors (Lipinski definition) is 1. The van der Waals surface area contributed by atoms with E-state index in [1.54, 1.807) is 30.3 Å². The van der Waals surface area contributed by atoms with Gasteiger partial charge in [0.05, 0.1) is 23.6 Å². The summed E-state index contributed by atoms with van der Waals surface area (Å²) in [7, 11) is 1.80. The van der Waals surface area contributed by atoms with Gasteiger partial charge in [-0.25, -0.2) is 4.39 Å². The molecule has 0 aliphatic carbocycles. The number of anilines is 2. The van der Waals surface area contributed by atoms with Crippen LogP contribution in [0.2, 0.25) is 0 Å². The van der Waals surface area contributed by atoms with E-state index >= 15 is 0 Å². The molecule has 1 aromatic carbocycles. The topological polar surface area (TPSA) is 42.2 Å². The van der Waals surface area contributed by atoms with E-state index < -0.39 is 0 Å². The Hall–Kier alpha value is -2.10. The molecule has 0 bridgehead atoms. The van der Waals surface area contributed by atoms with Gasteiger partial charge in [-0.3, -0.25) is 4.98 Å². The highest BCUT2D eigenvalue weighted by molar-refractivity contribution is 5.67. The molecule has 1 aromatic heterocycles. The molecular weight excluding hydrogens is 217 g/mol. The summed E-state index contributed by atoms with van der Waals surface area (Å²) in [6.07, 6.45) is 1.72. The smallest absolute Gasteiger partial charge is 0.148 e. The van der Waals surface area contributed by atoms with Crippen molar-refractivity contribution in [2.45, 2.75) is 6.54 Å². The lowest BCUT2D eigenvalue weighted by molar-refractivity contribution is 0.622. The molecule has 0 radical (unpaired) electrons. The summed E-state index contributed by atoms with van der Waals surface area (Å²) in [4.78, 5) is 5.96. The second-order valence-corrected chi connectivity index (χ2v) is 3.85. The van der Waals surface area contributed by atoms with Gasteiger partial charge in [-0.05, 0) is 24.3 Å². The van der Waals surface area contributed by atoms with E-state index in [2.05, 4.69) is 4.98 Å². The number of rotatable bonds is 3. The largest absolute Gasteiger partial charge is 0.397 e. The first-order chi connectivity index (χ1) is 8.18. The molecule has 2 rings (SSSR count). The fraction of sp³-hybridized carbons (Fsp3) is 0.154. The van der Waals surface area contributed by atoms with E-state index in [-0.39, 0.29) is 5.82 Å². The Morgan fingerprint density at radius 1 is 1.24 bits per heavy atom. The maximum absolute atomic E-state index is 13.7. The predicted octanol–water partition coefficient (Wildman–Crippen LogP) is 2.44. The van der Waals surface area contributed by atoms with Crippen LogP contribution in [0.25, 0.3) is 0 Å². The van der Waals surface area contributed by atoms with Crippen molar-refractivity contribution in [3.8, 4) is 0 Å². The summed E-state index contributed by atoms with van der Waals surface area (Å²) in [6.45, 7) is 0.520. The van der Waals surface area contributed by atoms with Gasteiger partial charge in [0.25, 0.3) is 0 Å². The lowest BCUT2D eigenvalue weighted by Crippen LogP contribution is -2.19. The van der Waals surface area contributed by atoms with Gasteiger partial charge in [0, 0.05) is 13.2 Å². The normalized spacial score (nSPS) is 10.2. The minimum Gasteiger partial charge on any atom is -0.397 e. The Morgan fingerprint density at radius 3 is 2.71 bits per heavy atom. The molecule has 0 unspecified atom stereocenters. The lowest BCUT2D eigenvalue weighted by atomic mass is 10.2. The summed E-state index contributed by atoms with van der Waals surface area (Å²) in [6, 6.07) is 10.3. The highest BCUT2D eigenvalue weighted by atomic mass is 19.1. The number of hydrogen-bond acceptors (Lipinski definition) is 3. The molecule has 3 nitrogen and oxygen atoms in total. The fourth-order valence-corrected chi connectivity index (χ4v) is 1.75. The molecule has 2 N–H and O–H groups in total. The molecule has 0 aliphatic heterocycles. The van der Waals surface area contributed by atoms with Gasteiger partial charge in [-0.2, -0.15) is 0 Å². The second kappa shape index (κ2) is 4.82. The van der Waals surface area contributed by atoms with Crippen LogP contribution in [0.3, 0.4) is 0 Å². The molecule has 0 saturated carbocycles. The summed E-state index contributed by atoms with van der Waals surface area (Å²) >= 11 is 0. The van der Waals surface area contributed by atoms with Crippen LogP contribution in [0, 0.1) is 5.82 Å². The summed E-state index contributed by atoms with van der Waals surface area (Å²) in [5.41, 5.74) is 7.50. The van der Waals surface area contributed by atoms with Crippen LogP contribution in [0.1, 0.15) is 5.69 Å². The number of para-hydroxylation sites is 1. The molecule has 0 aliphatic rings. The number of nitrogens with two attached hydrogens (primary N) is 1. The van der Waals surface area contributed by atoms with Gasteiger partial charge >= 0.3 is 0 Å². The molecule has 0 fully saturated rings. The van der Waals surface area contributed by atoms with E-state index in [0.717, 1.165) is 5.69 Å². The van der Waals surface area contributed by atoms with Crippen molar-refractivity contribution in [2.75, 3.05) is 17.7 Å². The van der Waals surface area contributed by atoms with Crippen LogP contribution in [-0.2, 0) is 6.54 Å². The molecular formula is C13H14FN3. The molecule has 0 spiro atoms. The predicted molar refractivity (Wildman–Crippen MR) is 67.2 cm³/mol. The molecule has 17 heavy (non-hydrogen) atoms. The van der Waals surface area contributed by atoms with Crippen molar-refractivity contribution in [1.29, 1.82) is 0 Å². The summed E-state index contributed by atoms with van der Waals surface area (Å²) in [5.74, 6) is -0.316. The third kappa shape index (κ3) is 2.53. The van der Waals surface area contributed by atoms with E-state index in [4.69, 9.17) is 5.73 Å². The van der Waals surface area contributed by atoms with Gasteiger partial charge < -0.3 is 10.6 Å². The number of aromatic nitrogens is 1. The lowest BCUT2D eigenvalue weighted by Gasteiger charge is -2.21. The van der Waals surface area contributed by atoms with Crippen molar-refractivity contribution in [3.05, 3.63) is 54.1 Å². The summed E-state index contributed by atoms with van der Waals surface area (Å²) in [5, 5.41) is 0. The van der Waals surface area contributed by atoms with Crippen molar-refractivity contribution in [1.82, 2.24) is 4.98 Å². The first-order valence-corrected chi connectivity index (χ1v) is 5.33. The monoisotopic (exact) mass is 231 g/mol. The maximum atomic E-state index is 13.7. The van der Waals surface area contributed by atoms with E-state index in [0.29, 0.717) is 17.9 Å². The number of nitrogens with zero attached hydrogens (tertiary/aromatic N) is 2. The third-order valence-electron chi connectivity index (χ3n) is 2.53. The zero-order valence-electron chi connectivity index (χ0n) is 9.60. The Bertz CT molecular complexity index is 479. The molecule has 0 amide bonds.